The molecule has 9 heteroatoms. The summed E-state index contributed by atoms with van der Waals surface area (Å²) in [5.74, 6) is 4.67. The number of ketones is 1. The second-order valence-corrected chi connectivity index (χ2v) is 15.4. The van der Waals surface area contributed by atoms with E-state index in [0.717, 1.165) is 76.5 Å². The number of fused-ring (bicyclic) bond motifs is 2. The summed E-state index contributed by atoms with van der Waals surface area (Å²) in [6, 6.07) is 22.9. The Hall–Kier alpha value is -4.83. The maximum atomic E-state index is 13.6. The van der Waals surface area contributed by atoms with Gasteiger partial charge in [-0.3, -0.25) is 14.6 Å². The van der Waals surface area contributed by atoms with Gasteiger partial charge in [0.05, 0.1) is 26.2 Å². The SMILES string of the molecule is COc1cc(CC(=O)c2cccs2)c2cc1Oc1ccc(cc1)C[C@H]1c3cc(c(C)cc3CCN1C)Oc1c(OC)c(OC)cc3c1[C@H](C2)N(C)CC3. The first kappa shape index (κ1) is 35.2. The van der Waals surface area contributed by atoms with Crippen LogP contribution in [0, 0.1) is 6.92 Å². The van der Waals surface area contributed by atoms with Gasteiger partial charge in [0, 0.05) is 37.2 Å². The normalized spacial score (nSPS) is 18.2. The highest BCUT2D eigenvalue weighted by atomic mass is 32.1. The topological polar surface area (TPSA) is 69.7 Å². The first-order chi connectivity index (χ1) is 25.7. The minimum Gasteiger partial charge on any atom is -0.493 e. The van der Waals surface area contributed by atoms with Gasteiger partial charge in [-0.25, -0.2) is 0 Å². The van der Waals surface area contributed by atoms with Crippen LogP contribution in [0.3, 0.4) is 0 Å². The van der Waals surface area contributed by atoms with E-state index in [4.69, 9.17) is 23.7 Å². The predicted octanol–water partition coefficient (Wildman–Crippen LogP) is 8.95. The number of benzene rings is 4. The molecule has 274 valence electrons. The number of carbonyl (C=O) groups is 1. The third-order valence-electron chi connectivity index (χ3n) is 11.2. The summed E-state index contributed by atoms with van der Waals surface area (Å²) in [7, 11) is 9.37. The Morgan fingerprint density at radius 3 is 2.26 bits per heavy atom. The average molecular weight is 731 g/mol. The van der Waals surface area contributed by atoms with Crippen molar-refractivity contribution in [2.45, 2.75) is 51.1 Å². The lowest BCUT2D eigenvalue weighted by Crippen LogP contribution is -2.34. The van der Waals surface area contributed by atoms with Crippen molar-refractivity contribution in [1.29, 1.82) is 0 Å². The number of ether oxygens (including phenoxy) is 5. The quantitative estimate of drug-likeness (QED) is 0.161. The molecule has 0 N–H and O–H groups in total. The van der Waals surface area contributed by atoms with Gasteiger partial charge < -0.3 is 23.7 Å². The van der Waals surface area contributed by atoms with Crippen LogP contribution in [0.5, 0.6) is 40.2 Å². The summed E-state index contributed by atoms with van der Waals surface area (Å²) in [4.78, 5) is 19.2. The lowest BCUT2D eigenvalue weighted by molar-refractivity contribution is 0.0996. The van der Waals surface area contributed by atoms with E-state index < -0.39 is 0 Å². The first-order valence-electron chi connectivity index (χ1n) is 18.3. The van der Waals surface area contributed by atoms with E-state index in [-0.39, 0.29) is 24.3 Å². The molecule has 0 saturated heterocycles. The molecule has 0 unspecified atom stereocenters. The number of nitrogens with zero attached hydrogens (tertiary/aromatic N) is 2. The monoisotopic (exact) mass is 730 g/mol. The molecule has 0 radical (unpaired) electrons. The van der Waals surface area contributed by atoms with Crippen molar-refractivity contribution in [2.75, 3.05) is 48.5 Å². The molecule has 2 atom stereocenters. The fraction of sp³-hybridized carbons (Fsp3) is 0.341. The molecular weight excluding hydrogens is 685 g/mol. The minimum absolute atomic E-state index is 0.0710. The van der Waals surface area contributed by atoms with E-state index >= 15 is 0 Å². The molecule has 6 bridgehead atoms. The molecule has 4 aromatic carbocycles. The average Bonchev–Trinajstić information content (AvgIpc) is 3.71. The zero-order valence-corrected chi connectivity index (χ0v) is 32.1. The van der Waals surface area contributed by atoms with Crippen LogP contribution in [0.25, 0.3) is 0 Å². The second kappa shape index (κ2) is 14.5. The van der Waals surface area contributed by atoms with Gasteiger partial charge in [-0.05, 0) is 133 Å². The number of hydrogen-bond donors (Lipinski definition) is 0. The van der Waals surface area contributed by atoms with Gasteiger partial charge in [-0.15, -0.1) is 11.3 Å². The summed E-state index contributed by atoms with van der Waals surface area (Å²) in [5, 5.41) is 1.94. The van der Waals surface area contributed by atoms with Crippen LogP contribution in [0.15, 0.2) is 72.1 Å². The minimum atomic E-state index is -0.111. The lowest BCUT2D eigenvalue weighted by atomic mass is 9.85. The lowest BCUT2D eigenvalue weighted by Gasteiger charge is -2.38. The van der Waals surface area contributed by atoms with E-state index in [2.05, 4.69) is 67.2 Å². The Morgan fingerprint density at radius 1 is 0.792 bits per heavy atom. The van der Waals surface area contributed by atoms with Crippen molar-refractivity contribution in [3.05, 3.63) is 121 Å². The van der Waals surface area contributed by atoms with Crippen LogP contribution in [-0.4, -0.2) is 64.1 Å². The van der Waals surface area contributed by atoms with E-state index in [0.29, 0.717) is 35.2 Å². The number of likely N-dealkylation sites (N-methyl/N-ethyl adjacent to an activating group) is 2. The standard InChI is InChI=1S/C44H46N2O6S/c1-26-18-28-13-15-45(2)34-19-27-9-11-32(12-10-27)51-39-24-30(31(23-38(39)48-4)21-36(47)41-8-7-17-53-41)20-35-42-29(14-16-46(35)3)22-40(49-5)43(50-6)44(42)52-37(26)25-33(28)34/h7-12,17-18,22-25,34-35H,13-16,19-21H2,1-6H3/t34-,35-/m0/s1. The Morgan fingerprint density at radius 2 is 1.55 bits per heavy atom. The maximum absolute atomic E-state index is 13.6. The molecule has 4 aliphatic heterocycles. The van der Waals surface area contributed by atoms with E-state index in [9.17, 15) is 4.79 Å². The highest BCUT2D eigenvalue weighted by Gasteiger charge is 2.35. The summed E-state index contributed by atoms with van der Waals surface area (Å²) in [6.45, 7) is 3.96. The zero-order chi connectivity index (χ0) is 36.8. The molecule has 0 amide bonds. The molecule has 8 nitrogen and oxygen atoms in total. The Bertz CT molecular complexity index is 2160. The van der Waals surface area contributed by atoms with Crippen molar-refractivity contribution in [3.63, 3.8) is 0 Å². The maximum Gasteiger partial charge on any atom is 0.204 e. The number of Topliss-reactive ketones (excluding diaryl/α,β-unsaturated/α-hetero) is 1. The zero-order valence-electron chi connectivity index (χ0n) is 31.3. The summed E-state index contributed by atoms with van der Waals surface area (Å²) < 4.78 is 31.7. The van der Waals surface area contributed by atoms with Crippen molar-refractivity contribution in [3.8, 4) is 40.2 Å². The van der Waals surface area contributed by atoms with Gasteiger partial charge in [0.1, 0.15) is 11.5 Å². The van der Waals surface area contributed by atoms with E-state index in [1.165, 1.54) is 28.0 Å². The number of methoxy groups -OCH3 is 3. The molecule has 5 heterocycles. The van der Waals surface area contributed by atoms with Crippen LogP contribution in [0.1, 0.15) is 66.3 Å². The Labute approximate surface area is 315 Å². The molecule has 4 aliphatic rings. The molecule has 0 aliphatic carbocycles. The predicted molar refractivity (Wildman–Crippen MR) is 208 cm³/mol. The van der Waals surface area contributed by atoms with Gasteiger partial charge in [0.15, 0.2) is 28.8 Å². The summed E-state index contributed by atoms with van der Waals surface area (Å²) >= 11 is 1.46. The van der Waals surface area contributed by atoms with Gasteiger partial charge in [-0.1, -0.05) is 24.3 Å². The van der Waals surface area contributed by atoms with Crippen molar-refractivity contribution >= 4 is 17.1 Å². The number of aryl methyl sites for hydroxylation is 1. The van der Waals surface area contributed by atoms with Crippen LogP contribution in [0.4, 0.5) is 0 Å². The number of rotatable bonds is 6. The van der Waals surface area contributed by atoms with E-state index in [1.54, 1.807) is 21.3 Å². The Kier molecular flexibility index (Phi) is 9.66. The van der Waals surface area contributed by atoms with Crippen LogP contribution in [-0.2, 0) is 32.1 Å². The number of thiophene rings is 1. The summed E-state index contributed by atoms with van der Waals surface area (Å²) in [5.41, 5.74) is 9.07. The van der Waals surface area contributed by atoms with Gasteiger partial charge in [-0.2, -0.15) is 0 Å². The second-order valence-electron chi connectivity index (χ2n) is 14.4. The molecule has 0 fully saturated rings. The summed E-state index contributed by atoms with van der Waals surface area (Å²) in [6.07, 6.45) is 3.49. The number of carbonyl (C=O) groups excluding carboxylic acids is 1. The molecule has 1 aromatic heterocycles. The molecule has 9 rings (SSSR count). The molecule has 5 aromatic rings. The molecule has 0 spiro atoms. The molecular formula is C44H46N2O6S. The number of hydrogen-bond acceptors (Lipinski definition) is 9. The first-order valence-corrected chi connectivity index (χ1v) is 19.1. The highest BCUT2D eigenvalue weighted by Crippen LogP contribution is 2.51. The van der Waals surface area contributed by atoms with Crippen LogP contribution < -0.4 is 23.7 Å². The smallest absolute Gasteiger partial charge is 0.204 e. The van der Waals surface area contributed by atoms with E-state index in [1.807, 2.05) is 35.7 Å². The molecule has 53 heavy (non-hydrogen) atoms. The van der Waals surface area contributed by atoms with Crippen molar-refractivity contribution < 1.29 is 28.5 Å². The highest BCUT2D eigenvalue weighted by molar-refractivity contribution is 7.12. The van der Waals surface area contributed by atoms with Gasteiger partial charge in [0.25, 0.3) is 0 Å². The van der Waals surface area contributed by atoms with Gasteiger partial charge >= 0.3 is 0 Å². The van der Waals surface area contributed by atoms with Gasteiger partial charge in [0.2, 0.25) is 5.75 Å². The third kappa shape index (κ3) is 6.66. The Balaban J connectivity index is 1.35. The molecule has 0 saturated carbocycles. The van der Waals surface area contributed by atoms with Crippen LogP contribution in [0.2, 0.25) is 0 Å². The third-order valence-corrected chi connectivity index (χ3v) is 12.2. The fourth-order valence-electron chi connectivity index (χ4n) is 8.28. The van der Waals surface area contributed by atoms with Crippen LogP contribution >= 0.6 is 11.3 Å². The van der Waals surface area contributed by atoms with Crippen molar-refractivity contribution in [2.24, 2.45) is 0 Å². The van der Waals surface area contributed by atoms with Crippen molar-refractivity contribution in [1.82, 2.24) is 9.80 Å². The largest absolute Gasteiger partial charge is 0.493 e. The fourth-order valence-corrected chi connectivity index (χ4v) is 8.95.